The van der Waals surface area contributed by atoms with Gasteiger partial charge >= 0.3 is 5.97 Å². The van der Waals surface area contributed by atoms with Crippen LogP contribution in [0.2, 0.25) is 10.0 Å². The summed E-state index contributed by atoms with van der Waals surface area (Å²) in [4.78, 5) is 11.4. The number of benzene rings is 2. The second-order valence-corrected chi connectivity index (χ2v) is 8.08. The lowest BCUT2D eigenvalue weighted by molar-refractivity contribution is -0.140. The summed E-state index contributed by atoms with van der Waals surface area (Å²) in [6.45, 7) is 6.58. The smallest absolute Gasteiger partial charge is 0.320 e. The van der Waals surface area contributed by atoms with Crippen LogP contribution in [-0.2, 0) is 17.9 Å². The third kappa shape index (κ3) is 7.04. The molecule has 0 radical (unpaired) electrons. The predicted molar refractivity (Wildman–Crippen MR) is 116 cm³/mol. The van der Waals surface area contributed by atoms with Crippen molar-refractivity contribution in [3.63, 3.8) is 0 Å². The topological polar surface area (TPSA) is 67.8 Å². The normalized spacial score (nSPS) is 12.1. The molecule has 8 heteroatoms. The molecule has 164 valence electrons. The molecule has 0 saturated carbocycles. The Labute approximate surface area is 186 Å². The van der Waals surface area contributed by atoms with Crippen LogP contribution < -0.4 is 14.8 Å². The Morgan fingerprint density at radius 3 is 2.50 bits per heavy atom. The number of aliphatic carboxylic acids is 1. The van der Waals surface area contributed by atoms with E-state index in [9.17, 15) is 14.3 Å². The van der Waals surface area contributed by atoms with E-state index in [1.807, 2.05) is 20.8 Å². The van der Waals surface area contributed by atoms with Gasteiger partial charge in [-0.15, -0.1) is 0 Å². The van der Waals surface area contributed by atoms with Crippen LogP contribution in [0.15, 0.2) is 30.3 Å². The molecule has 0 saturated heterocycles. The van der Waals surface area contributed by atoms with Crippen LogP contribution in [-0.4, -0.2) is 23.7 Å². The molecule has 0 fully saturated rings. The molecule has 0 heterocycles. The van der Waals surface area contributed by atoms with Gasteiger partial charge in [0.1, 0.15) is 18.5 Å². The summed E-state index contributed by atoms with van der Waals surface area (Å²) in [5.74, 6) is -0.285. The van der Waals surface area contributed by atoms with Crippen molar-refractivity contribution in [2.24, 2.45) is 5.92 Å². The van der Waals surface area contributed by atoms with Crippen molar-refractivity contribution in [2.75, 3.05) is 6.61 Å². The first-order chi connectivity index (χ1) is 14.2. The van der Waals surface area contributed by atoms with Gasteiger partial charge in [-0.3, -0.25) is 4.79 Å². The van der Waals surface area contributed by atoms with Gasteiger partial charge < -0.3 is 19.9 Å². The highest BCUT2D eigenvalue weighted by atomic mass is 35.5. The number of carboxylic acids is 1. The highest BCUT2D eigenvalue weighted by Gasteiger charge is 2.19. The van der Waals surface area contributed by atoms with E-state index in [1.165, 1.54) is 12.1 Å². The summed E-state index contributed by atoms with van der Waals surface area (Å²) in [6, 6.07) is 6.88. The first kappa shape index (κ1) is 24.3. The summed E-state index contributed by atoms with van der Waals surface area (Å²) < 4.78 is 24.7. The highest BCUT2D eigenvalue weighted by molar-refractivity contribution is 6.32. The van der Waals surface area contributed by atoms with Gasteiger partial charge in [-0.05, 0) is 49.1 Å². The Bertz CT molecular complexity index is 876. The van der Waals surface area contributed by atoms with Crippen molar-refractivity contribution in [1.82, 2.24) is 5.32 Å². The van der Waals surface area contributed by atoms with E-state index in [1.54, 1.807) is 18.2 Å². The van der Waals surface area contributed by atoms with E-state index in [2.05, 4.69) is 5.32 Å². The monoisotopic (exact) mass is 457 g/mol. The van der Waals surface area contributed by atoms with Gasteiger partial charge in [0, 0.05) is 12.1 Å². The molecule has 30 heavy (non-hydrogen) atoms. The van der Waals surface area contributed by atoms with E-state index in [4.69, 9.17) is 32.7 Å². The van der Waals surface area contributed by atoms with Crippen LogP contribution in [0, 0.1) is 11.7 Å². The van der Waals surface area contributed by atoms with E-state index in [0.717, 1.165) is 5.56 Å². The SMILES string of the molecule is CCOc1cc(CNC(CC(C)C)C(=O)O)cc(Cl)c1OCc1ccc(F)cc1Cl. The average Bonchev–Trinajstić information content (AvgIpc) is 2.65. The first-order valence-electron chi connectivity index (χ1n) is 9.69. The van der Waals surface area contributed by atoms with Gasteiger partial charge in [0.2, 0.25) is 0 Å². The first-order valence-corrected chi connectivity index (χ1v) is 10.4. The van der Waals surface area contributed by atoms with Gasteiger partial charge in [-0.25, -0.2) is 4.39 Å². The molecule has 0 aliphatic rings. The molecule has 0 amide bonds. The van der Waals surface area contributed by atoms with Crippen molar-refractivity contribution >= 4 is 29.2 Å². The molecule has 2 rings (SSSR count). The van der Waals surface area contributed by atoms with Crippen molar-refractivity contribution in [1.29, 1.82) is 0 Å². The summed E-state index contributed by atoms with van der Waals surface area (Å²) in [5.41, 5.74) is 1.38. The second-order valence-electron chi connectivity index (χ2n) is 7.26. The van der Waals surface area contributed by atoms with Gasteiger partial charge in [0.05, 0.1) is 16.7 Å². The summed E-state index contributed by atoms with van der Waals surface area (Å²) in [5, 5.41) is 13.0. The zero-order valence-corrected chi connectivity index (χ0v) is 18.7. The number of nitrogens with one attached hydrogen (secondary N) is 1. The van der Waals surface area contributed by atoms with Crippen LogP contribution in [0.4, 0.5) is 4.39 Å². The van der Waals surface area contributed by atoms with E-state index < -0.39 is 17.8 Å². The Hall–Kier alpha value is -2.02. The fraction of sp³-hybridized carbons (Fsp3) is 0.409. The van der Waals surface area contributed by atoms with Crippen molar-refractivity contribution < 1.29 is 23.8 Å². The zero-order valence-electron chi connectivity index (χ0n) is 17.2. The minimum absolute atomic E-state index is 0.0893. The Balaban J connectivity index is 2.17. The van der Waals surface area contributed by atoms with Gasteiger partial charge in [0.15, 0.2) is 11.5 Å². The number of halogens is 3. The Morgan fingerprint density at radius 2 is 1.90 bits per heavy atom. The van der Waals surface area contributed by atoms with E-state index in [-0.39, 0.29) is 17.5 Å². The molecule has 0 aromatic heterocycles. The molecule has 0 bridgehead atoms. The standard InChI is InChI=1S/C22H26Cl2FNO4/c1-4-29-20-9-14(11-26-19(22(27)28)7-13(2)3)8-18(24)21(20)30-12-15-5-6-16(25)10-17(15)23/h5-6,8-10,13,19,26H,4,7,11-12H2,1-3H3,(H,27,28). The number of hydrogen-bond donors (Lipinski definition) is 2. The average molecular weight is 458 g/mol. The van der Waals surface area contributed by atoms with Crippen LogP contribution in [0.1, 0.15) is 38.3 Å². The molecule has 2 N–H and O–H groups in total. The maximum absolute atomic E-state index is 13.2. The van der Waals surface area contributed by atoms with Crippen LogP contribution in [0.5, 0.6) is 11.5 Å². The lowest BCUT2D eigenvalue weighted by atomic mass is 10.0. The molecule has 1 unspecified atom stereocenters. The lowest BCUT2D eigenvalue weighted by Crippen LogP contribution is -2.37. The van der Waals surface area contributed by atoms with E-state index in [0.29, 0.717) is 41.7 Å². The maximum atomic E-state index is 13.2. The quantitative estimate of drug-likeness (QED) is 0.452. The highest BCUT2D eigenvalue weighted by Crippen LogP contribution is 2.37. The number of carboxylic acid groups (broad SMARTS) is 1. The van der Waals surface area contributed by atoms with Crippen molar-refractivity contribution in [3.8, 4) is 11.5 Å². The third-order valence-electron chi connectivity index (χ3n) is 4.31. The fourth-order valence-corrected chi connectivity index (χ4v) is 3.41. The molecule has 5 nitrogen and oxygen atoms in total. The number of rotatable bonds is 11. The third-order valence-corrected chi connectivity index (χ3v) is 4.95. The number of carbonyl (C=O) groups is 1. The van der Waals surface area contributed by atoms with Gasteiger partial charge in [0.25, 0.3) is 0 Å². The number of ether oxygens (including phenoxy) is 2. The number of hydrogen-bond acceptors (Lipinski definition) is 4. The fourth-order valence-electron chi connectivity index (χ4n) is 2.90. The maximum Gasteiger partial charge on any atom is 0.320 e. The Morgan fingerprint density at radius 1 is 1.17 bits per heavy atom. The molecule has 0 aliphatic carbocycles. The Kier molecular flexibility index (Phi) is 9.21. The largest absolute Gasteiger partial charge is 0.490 e. The molecular weight excluding hydrogens is 432 g/mol. The summed E-state index contributed by atoms with van der Waals surface area (Å²) in [6.07, 6.45) is 0.515. The van der Waals surface area contributed by atoms with Crippen LogP contribution in [0.3, 0.4) is 0 Å². The van der Waals surface area contributed by atoms with Crippen molar-refractivity contribution in [2.45, 2.75) is 46.4 Å². The summed E-state index contributed by atoms with van der Waals surface area (Å²) in [7, 11) is 0. The second kappa shape index (κ2) is 11.4. The molecule has 2 aromatic carbocycles. The minimum atomic E-state index is -0.893. The van der Waals surface area contributed by atoms with Crippen molar-refractivity contribution in [3.05, 3.63) is 57.3 Å². The molecule has 2 aromatic rings. The van der Waals surface area contributed by atoms with Gasteiger partial charge in [-0.1, -0.05) is 43.1 Å². The molecule has 0 aliphatic heterocycles. The molecule has 1 atom stereocenters. The minimum Gasteiger partial charge on any atom is -0.490 e. The van der Waals surface area contributed by atoms with Crippen LogP contribution in [0.25, 0.3) is 0 Å². The molecule has 0 spiro atoms. The summed E-state index contributed by atoms with van der Waals surface area (Å²) >= 11 is 12.5. The molecular formula is C22H26Cl2FNO4. The lowest BCUT2D eigenvalue weighted by Gasteiger charge is -2.18. The van der Waals surface area contributed by atoms with E-state index >= 15 is 0 Å². The van der Waals surface area contributed by atoms with Gasteiger partial charge in [-0.2, -0.15) is 0 Å². The zero-order chi connectivity index (χ0) is 22.3. The van der Waals surface area contributed by atoms with Crippen LogP contribution >= 0.6 is 23.2 Å². The predicted octanol–water partition coefficient (Wildman–Crippen LogP) is 5.70.